The van der Waals surface area contributed by atoms with Crippen molar-refractivity contribution in [3.05, 3.63) is 0 Å². The second kappa shape index (κ2) is 3.67. The highest BCUT2D eigenvalue weighted by Gasteiger charge is 2.21. The number of carbonyl (C=O) groups is 2. The van der Waals surface area contributed by atoms with Crippen molar-refractivity contribution in [3.63, 3.8) is 0 Å². The molecular weight excluding hydrogens is 172 g/mol. The van der Waals surface area contributed by atoms with E-state index in [1.54, 1.807) is 13.1 Å². The van der Waals surface area contributed by atoms with Crippen molar-refractivity contribution in [3.8, 4) is 6.07 Å². The van der Waals surface area contributed by atoms with Gasteiger partial charge in [-0.05, 0) is 0 Å². The number of nitrogens with one attached hydrogen (secondary N) is 1. The maximum absolute atomic E-state index is 10.9. The van der Waals surface area contributed by atoms with Crippen molar-refractivity contribution < 1.29 is 9.59 Å². The Morgan fingerprint density at radius 2 is 2.54 bits per heavy atom. The van der Waals surface area contributed by atoms with Crippen LogP contribution in [0.5, 0.6) is 0 Å². The minimum atomic E-state index is -0.549. The number of hydrogen-bond donors (Lipinski definition) is 1. The first-order valence-corrected chi connectivity index (χ1v) is 3.63. The van der Waals surface area contributed by atoms with Crippen LogP contribution in [-0.2, 0) is 9.59 Å². The average Bonchev–Trinajstić information content (AvgIpc) is 2.30. The van der Waals surface area contributed by atoms with E-state index in [1.807, 2.05) is 0 Å². The van der Waals surface area contributed by atoms with Gasteiger partial charge in [0.15, 0.2) is 0 Å². The molecule has 1 heterocycles. The van der Waals surface area contributed by atoms with Gasteiger partial charge in [-0.1, -0.05) is 0 Å². The summed E-state index contributed by atoms with van der Waals surface area (Å²) in [5.74, 6) is -0.539. The van der Waals surface area contributed by atoms with E-state index in [0.717, 1.165) is 0 Å². The number of nitrogens with zero attached hydrogens (tertiary/aromatic N) is 3. The van der Waals surface area contributed by atoms with E-state index >= 15 is 0 Å². The first-order chi connectivity index (χ1) is 6.13. The van der Waals surface area contributed by atoms with Crippen LogP contribution in [-0.4, -0.2) is 36.3 Å². The molecule has 0 unspecified atom stereocenters. The van der Waals surface area contributed by atoms with E-state index in [2.05, 4.69) is 10.3 Å². The van der Waals surface area contributed by atoms with Crippen LogP contribution in [0.1, 0.15) is 6.42 Å². The summed E-state index contributed by atoms with van der Waals surface area (Å²) in [6.45, 7) is 0.193. The van der Waals surface area contributed by atoms with Crippen molar-refractivity contribution in [2.45, 2.75) is 6.42 Å². The molecule has 0 aromatic rings. The molecule has 6 heteroatoms. The normalized spacial score (nSPS) is 18.6. The zero-order valence-corrected chi connectivity index (χ0v) is 7.07. The van der Waals surface area contributed by atoms with E-state index in [1.165, 1.54) is 4.90 Å². The Hall–Kier alpha value is -1.90. The third-order valence-corrected chi connectivity index (χ3v) is 1.45. The molecule has 0 radical (unpaired) electrons. The van der Waals surface area contributed by atoms with Gasteiger partial charge in [-0.15, -0.1) is 0 Å². The Morgan fingerprint density at radius 1 is 1.85 bits per heavy atom. The number of nitriles is 1. The summed E-state index contributed by atoms with van der Waals surface area (Å²) in [5, 5.41) is 10.6. The van der Waals surface area contributed by atoms with E-state index in [9.17, 15) is 9.59 Å². The molecule has 1 saturated heterocycles. The Labute approximate surface area is 74.8 Å². The van der Waals surface area contributed by atoms with Crippen LogP contribution >= 0.6 is 0 Å². The lowest BCUT2D eigenvalue weighted by Gasteiger charge is -2.06. The first-order valence-electron chi connectivity index (χ1n) is 3.63. The van der Waals surface area contributed by atoms with Gasteiger partial charge in [0.05, 0.1) is 12.6 Å². The SMILES string of the molecule is CN1CC(=O)NC1=NC(=O)CC#N. The Bertz CT molecular complexity index is 315. The second-order valence-corrected chi connectivity index (χ2v) is 2.57. The van der Waals surface area contributed by atoms with E-state index < -0.39 is 5.91 Å². The molecule has 0 atom stereocenters. The van der Waals surface area contributed by atoms with E-state index in [0.29, 0.717) is 0 Å². The fourth-order valence-corrected chi connectivity index (χ4v) is 0.889. The highest BCUT2D eigenvalue weighted by molar-refractivity contribution is 6.07. The van der Waals surface area contributed by atoms with Crippen molar-refractivity contribution >= 4 is 17.8 Å². The summed E-state index contributed by atoms with van der Waals surface area (Å²) in [4.78, 5) is 26.7. The predicted molar refractivity (Wildman–Crippen MR) is 43.4 cm³/mol. The zero-order chi connectivity index (χ0) is 9.84. The van der Waals surface area contributed by atoms with Crippen LogP contribution < -0.4 is 5.32 Å². The molecule has 0 aliphatic carbocycles. The van der Waals surface area contributed by atoms with Gasteiger partial charge in [0.25, 0.3) is 5.91 Å². The summed E-state index contributed by atoms with van der Waals surface area (Å²) < 4.78 is 0. The van der Waals surface area contributed by atoms with Crippen LogP contribution in [0.25, 0.3) is 0 Å². The van der Waals surface area contributed by atoms with Crippen molar-refractivity contribution in [2.75, 3.05) is 13.6 Å². The quantitative estimate of drug-likeness (QED) is 0.551. The molecule has 0 spiro atoms. The summed E-state index contributed by atoms with van der Waals surface area (Å²) >= 11 is 0. The Kier molecular flexibility index (Phi) is 2.59. The highest BCUT2D eigenvalue weighted by atomic mass is 16.2. The van der Waals surface area contributed by atoms with Gasteiger partial charge in [0.1, 0.15) is 6.42 Å². The van der Waals surface area contributed by atoms with E-state index in [-0.39, 0.29) is 24.8 Å². The van der Waals surface area contributed by atoms with E-state index in [4.69, 9.17) is 5.26 Å². The zero-order valence-electron chi connectivity index (χ0n) is 7.07. The molecule has 2 amide bonds. The minimum absolute atomic E-state index is 0.193. The number of carbonyl (C=O) groups excluding carboxylic acids is 2. The van der Waals surface area contributed by atoms with Gasteiger partial charge in [0, 0.05) is 7.05 Å². The molecule has 0 saturated carbocycles. The molecule has 1 fully saturated rings. The van der Waals surface area contributed by atoms with Crippen LogP contribution in [0.3, 0.4) is 0 Å². The molecule has 6 nitrogen and oxygen atoms in total. The molecule has 0 aromatic carbocycles. The third-order valence-electron chi connectivity index (χ3n) is 1.45. The molecule has 1 rings (SSSR count). The van der Waals surface area contributed by atoms with Gasteiger partial charge < -0.3 is 4.90 Å². The smallest absolute Gasteiger partial charge is 0.263 e. The minimum Gasteiger partial charge on any atom is -0.336 e. The lowest BCUT2D eigenvalue weighted by molar-refractivity contribution is -0.118. The predicted octanol–water partition coefficient (Wildman–Crippen LogP) is -1.16. The number of guanidine groups is 1. The molecular formula is C7H8N4O2. The molecule has 1 aliphatic heterocycles. The number of rotatable bonds is 1. The topological polar surface area (TPSA) is 85.6 Å². The molecule has 13 heavy (non-hydrogen) atoms. The summed E-state index contributed by atoms with van der Waals surface area (Å²) in [5.41, 5.74) is 0. The average molecular weight is 180 g/mol. The van der Waals surface area contributed by atoms with Crippen LogP contribution in [0, 0.1) is 11.3 Å². The third kappa shape index (κ3) is 2.27. The number of hydrogen-bond acceptors (Lipinski definition) is 3. The highest BCUT2D eigenvalue weighted by Crippen LogP contribution is 1.95. The maximum atomic E-state index is 10.9. The molecule has 0 aromatic heterocycles. The van der Waals surface area contributed by atoms with Crippen molar-refractivity contribution in [1.82, 2.24) is 10.2 Å². The van der Waals surface area contributed by atoms with Gasteiger partial charge in [0.2, 0.25) is 11.9 Å². The van der Waals surface area contributed by atoms with Crippen LogP contribution in [0.2, 0.25) is 0 Å². The fourth-order valence-electron chi connectivity index (χ4n) is 0.889. The lowest BCUT2D eigenvalue weighted by Crippen LogP contribution is -2.28. The molecule has 1 aliphatic rings. The van der Waals surface area contributed by atoms with Crippen molar-refractivity contribution in [2.24, 2.45) is 4.99 Å². The Morgan fingerprint density at radius 3 is 3.00 bits per heavy atom. The molecule has 0 bridgehead atoms. The number of amides is 2. The molecule has 68 valence electrons. The van der Waals surface area contributed by atoms with Gasteiger partial charge in [-0.25, -0.2) is 0 Å². The molecule has 1 N–H and O–H groups in total. The fraction of sp³-hybridized carbons (Fsp3) is 0.429. The van der Waals surface area contributed by atoms with Gasteiger partial charge in [-0.3, -0.25) is 14.9 Å². The lowest BCUT2D eigenvalue weighted by atomic mass is 10.4. The number of likely N-dealkylation sites (N-methyl/N-ethyl adjacent to an activating group) is 1. The maximum Gasteiger partial charge on any atom is 0.263 e. The van der Waals surface area contributed by atoms with Crippen LogP contribution in [0.4, 0.5) is 0 Å². The van der Waals surface area contributed by atoms with Gasteiger partial charge >= 0.3 is 0 Å². The van der Waals surface area contributed by atoms with Crippen molar-refractivity contribution in [1.29, 1.82) is 5.26 Å². The summed E-state index contributed by atoms with van der Waals surface area (Å²) in [7, 11) is 1.64. The summed E-state index contributed by atoms with van der Waals surface area (Å²) in [6.07, 6.45) is -0.271. The van der Waals surface area contributed by atoms with Crippen LogP contribution in [0.15, 0.2) is 4.99 Å². The van der Waals surface area contributed by atoms with Gasteiger partial charge in [-0.2, -0.15) is 10.3 Å². The second-order valence-electron chi connectivity index (χ2n) is 2.57. The number of aliphatic imine (C=N–C) groups is 1. The largest absolute Gasteiger partial charge is 0.336 e. The standard InChI is InChI=1S/C7H8N4O2/c1-11-4-6(13)10-7(11)9-5(12)2-3-8/h2,4H2,1H3,(H,9,10,12,13). The first kappa shape index (κ1) is 9.19. The Balaban J connectivity index is 2.67. The summed E-state index contributed by atoms with van der Waals surface area (Å²) in [6, 6.07) is 1.68. The monoisotopic (exact) mass is 180 g/mol.